The summed E-state index contributed by atoms with van der Waals surface area (Å²) in [4.78, 5) is 15.5. The van der Waals surface area contributed by atoms with Crippen molar-refractivity contribution in [2.24, 2.45) is 0 Å². The Bertz CT molecular complexity index is 443. The lowest BCUT2D eigenvalue weighted by Gasteiger charge is -2.07. The average Bonchev–Trinajstić information content (AvgIpc) is 2.89. The first kappa shape index (κ1) is 11.2. The van der Waals surface area contributed by atoms with E-state index in [1.165, 1.54) is 0 Å². The molecule has 0 unspecified atom stereocenters. The number of rotatable bonds is 5. The molecule has 0 aliphatic carbocycles. The minimum Gasteiger partial charge on any atom is -0.367 e. The minimum absolute atomic E-state index is 0.529. The molecular weight excluding hydrogens is 218 g/mol. The van der Waals surface area contributed by atoms with Crippen LogP contribution in [0.2, 0.25) is 0 Å². The molecule has 4 N–H and O–H groups in total. The molecule has 7 nitrogen and oxygen atoms in total. The van der Waals surface area contributed by atoms with Crippen molar-refractivity contribution >= 4 is 17.8 Å². The number of hydrogen-bond donors (Lipinski definition) is 4. The second-order valence-corrected chi connectivity index (χ2v) is 3.38. The number of aromatic nitrogens is 4. The summed E-state index contributed by atoms with van der Waals surface area (Å²) in [6.45, 7) is 0.666. The van der Waals surface area contributed by atoms with Crippen LogP contribution in [0.15, 0.2) is 18.5 Å². The van der Waals surface area contributed by atoms with Gasteiger partial charge in [0.1, 0.15) is 0 Å². The van der Waals surface area contributed by atoms with Crippen molar-refractivity contribution in [3.8, 4) is 0 Å². The molecule has 2 rings (SSSR count). The van der Waals surface area contributed by atoms with Gasteiger partial charge in [-0.1, -0.05) is 0 Å². The number of nitrogens with zero attached hydrogens (tertiary/aromatic N) is 3. The maximum absolute atomic E-state index is 4.20. The van der Waals surface area contributed by atoms with Crippen LogP contribution in [-0.4, -0.2) is 34.0 Å². The predicted octanol–water partition coefficient (Wildman–Crippen LogP) is 0.895. The maximum Gasteiger partial charge on any atom is 0.229 e. The fraction of sp³-hybridized carbons (Fsp3) is 0.300. The summed E-state index contributed by atoms with van der Waals surface area (Å²) in [7, 11) is 3.54. The van der Waals surface area contributed by atoms with Gasteiger partial charge in [-0.3, -0.25) is 0 Å². The molecule has 2 aromatic rings. The molecule has 0 amide bonds. The Labute approximate surface area is 99.1 Å². The highest BCUT2D eigenvalue weighted by atomic mass is 15.3. The van der Waals surface area contributed by atoms with E-state index in [-0.39, 0.29) is 0 Å². The first-order chi connectivity index (χ1) is 8.31. The Hall–Kier alpha value is -2.31. The van der Waals surface area contributed by atoms with Gasteiger partial charge >= 0.3 is 0 Å². The second kappa shape index (κ2) is 5.15. The fourth-order valence-corrected chi connectivity index (χ4v) is 1.33. The molecule has 0 spiro atoms. The summed E-state index contributed by atoms with van der Waals surface area (Å²) in [5.74, 6) is 1.59. The van der Waals surface area contributed by atoms with Gasteiger partial charge in [0, 0.05) is 33.0 Å². The van der Waals surface area contributed by atoms with E-state index in [9.17, 15) is 0 Å². The summed E-state index contributed by atoms with van der Waals surface area (Å²) in [5.41, 5.74) is 1.14. The van der Waals surface area contributed by atoms with Gasteiger partial charge in [0.15, 0.2) is 0 Å². The van der Waals surface area contributed by atoms with E-state index < -0.39 is 0 Å². The summed E-state index contributed by atoms with van der Waals surface area (Å²) < 4.78 is 0. The quantitative estimate of drug-likeness (QED) is 0.613. The van der Waals surface area contributed by atoms with Crippen LogP contribution >= 0.6 is 0 Å². The third-order valence-corrected chi connectivity index (χ3v) is 2.20. The highest BCUT2D eigenvalue weighted by molar-refractivity contribution is 5.41. The molecule has 0 saturated heterocycles. The van der Waals surface area contributed by atoms with Gasteiger partial charge in [-0.15, -0.1) is 0 Å². The Balaban J connectivity index is 2.09. The zero-order valence-corrected chi connectivity index (χ0v) is 9.78. The molecule has 0 fully saturated rings. The van der Waals surface area contributed by atoms with Crippen molar-refractivity contribution in [2.45, 2.75) is 6.54 Å². The molecule has 0 atom stereocenters. The van der Waals surface area contributed by atoms with Crippen LogP contribution in [0, 0.1) is 0 Å². The van der Waals surface area contributed by atoms with E-state index in [2.05, 4.69) is 35.9 Å². The first-order valence-electron chi connectivity index (χ1n) is 5.29. The lowest BCUT2D eigenvalue weighted by molar-refractivity contribution is 1.00. The van der Waals surface area contributed by atoms with Crippen molar-refractivity contribution in [3.63, 3.8) is 0 Å². The van der Waals surface area contributed by atoms with E-state index in [4.69, 9.17) is 0 Å². The lowest BCUT2D eigenvalue weighted by Crippen LogP contribution is -2.09. The lowest BCUT2D eigenvalue weighted by atomic mass is 10.3. The third-order valence-electron chi connectivity index (χ3n) is 2.20. The molecule has 17 heavy (non-hydrogen) atoms. The zero-order valence-electron chi connectivity index (χ0n) is 9.78. The smallest absolute Gasteiger partial charge is 0.229 e. The number of nitrogens with one attached hydrogen (secondary N) is 4. The van der Waals surface area contributed by atoms with Crippen molar-refractivity contribution in [2.75, 3.05) is 30.0 Å². The summed E-state index contributed by atoms with van der Waals surface area (Å²) in [6.07, 6.45) is 3.80. The van der Waals surface area contributed by atoms with Gasteiger partial charge in [-0.2, -0.15) is 15.0 Å². The average molecular weight is 233 g/mol. The van der Waals surface area contributed by atoms with Crippen LogP contribution < -0.4 is 16.0 Å². The Morgan fingerprint density at radius 2 is 1.71 bits per heavy atom. The topological polar surface area (TPSA) is 90.5 Å². The molecule has 0 saturated carbocycles. The number of H-pyrrole nitrogens is 1. The molecule has 2 heterocycles. The first-order valence-corrected chi connectivity index (χ1v) is 5.29. The molecule has 0 aliphatic rings. The Morgan fingerprint density at radius 3 is 2.24 bits per heavy atom. The largest absolute Gasteiger partial charge is 0.367 e. The standard InChI is InChI=1S/C10H15N7/c1-11-8-15-9(12-2)17-10(16-8)14-6-7-3-4-13-5-7/h3-5,13H,6H2,1-2H3,(H3,11,12,14,15,16,17). The minimum atomic E-state index is 0.529. The van der Waals surface area contributed by atoms with Crippen molar-refractivity contribution in [1.82, 2.24) is 19.9 Å². The maximum atomic E-state index is 4.20. The van der Waals surface area contributed by atoms with Crippen molar-refractivity contribution in [1.29, 1.82) is 0 Å². The molecule has 7 heteroatoms. The van der Waals surface area contributed by atoms with Crippen LogP contribution in [0.25, 0.3) is 0 Å². The van der Waals surface area contributed by atoms with E-state index in [0.717, 1.165) is 5.56 Å². The monoisotopic (exact) mass is 233 g/mol. The van der Waals surface area contributed by atoms with Crippen LogP contribution in [0.1, 0.15) is 5.56 Å². The third kappa shape index (κ3) is 2.83. The van der Waals surface area contributed by atoms with Crippen molar-refractivity contribution in [3.05, 3.63) is 24.0 Å². The summed E-state index contributed by atoms with van der Waals surface area (Å²) in [5, 5.41) is 8.91. The van der Waals surface area contributed by atoms with Gasteiger partial charge in [-0.25, -0.2) is 0 Å². The Kier molecular flexibility index (Phi) is 3.39. The van der Waals surface area contributed by atoms with E-state index in [0.29, 0.717) is 24.4 Å². The highest BCUT2D eigenvalue weighted by Gasteiger charge is 2.03. The number of aromatic amines is 1. The van der Waals surface area contributed by atoms with Crippen LogP contribution in [0.4, 0.5) is 17.8 Å². The molecular formula is C10H15N7. The molecule has 0 aromatic carbocycles. The van der Waals surface area contributed by atoms with E-state index in [1.807, 2.05) is 18.5 Å². The number of anilines is 3. The van der Waals surface area contributed by atoms with Crippen LogP contribution in [0.3, 0.4) is 0 Å². The van der Waals surface area contributed by atoms with Gasteiger partial charge in [0.05, 0.1) is 0 Å². The SMILES string of the molecule is CNc1nc(NC)nc(NCc2cc[nH]c2)n1. The fourth-order valence-electron chi connectivity index (χ4n) is 1.33. The molecule has 0 radical (unpaired) electrons. The Morgan fingerprint density at radius 1 is 1.06 bits per heavy atom. The van der Waals surface area contributed by atoms with Gasteiger partial charge < -0.3 is 20.9 Å². The molecule has 0 bridgehead atoms. The van der Waals surface area contributed by atoms with Gasteiger partial charge in [0.2, 0.25) is 17.8 Å². The molecule has 2 aromatic heterocycles. The predicted molar refractivity (Wildman–Crippen MR) is 67.0 cm³/mol. The normalized spacial score (nSPS) is 10.0. The highest BCUT2D eigenvalue weighted by Crippen LogP contribution is 2.09. The zero-order chi connectivity index (χ0) is 12.1. The van der Waals surface area contributed by atoms with Gasteiger partial charge in [-0.05, 0) is 11.6 Å². The second-order valence-electron chi connectivity index (χ2n) is 3.38. The summed E-state index contributed by atoms with van der Waals surface area (Å²) in [6, 6.07) is 1.99. The van der Waals surface area contributed by atoms with Crippen LogP contribution in [0.5, 0.6) is 0 Å². The molecule has 90 valence electrons. The van der Waals surface area contributed by atoms with Crippen molar-refractivity contribution < 1.29 is 0 Å². The van der Waals surface area contributed by atoms with Gasteiger partial charge in [0.25, 0.3) is 0 Å². The van der Waals surface area contributed by atoms with E-state index >= 15 is 0 Å². The van der Waals surface area contributed by atoms with E-state index in [1.54, 1.807) is 14.1 Å². The van der Waals surface area contributed by atoms with Crippen LogP contribution in [-0.2, 0) is 6.54 Å². The number of hydrogen-bond acceptors (Lipinski definition) is 6. The molecule has 0 aliphatic heterocycles. The summed E-state index contributed by atoms with van der Waals surface area (Å²) >= 11 is 0.